The molecule has 0 aliphatic carbocycles. The molecular weight excluding hydrogens is 294 g/mol. The van der Waals surface area contributed by atoms with Crippen LogP contribution in [0.4, 0.5) is 5.13 Å². The van der Waals surface area contributed by atoms with E-state index in [-0.39, 0.29) is 5.91 Å². The van der Waals surface area contributed by atoms with Crippen LogP contribution in [0, 0.1) is 0 Å². The molecule has 0 bridgehead atoms. The quantitative estimate of drug-likeness (QED) is 0.656. The fourth-order valence-electron chi connectivity index (χ4n) is 1.53. The number of hydrogen-bond acceptors (Lipinski definition) is 6. The Bertz CT molecular complexity index is 569. The third-order valence-electron chi connectivity index (χ3n) is 2.42. The molecule has 0 unspecified atom stereocenters. The Hall–Kier alpha value is -1.44. The summed E-state index contributed by atoms with van der Waals surface area (Å²) in [6, 6.07) is 7.28. The van der Waals surface area contributed by atoms with Crippen molar-refractivity contribution in [3.05, 3.63) is 35.4 Å². The summed E-state index contributed by atoms with van der Waals surface area (Å²) in [7, 11) is 1.64. The molecule has 0 fully saturated rings. The number of anilines is 1. The molecule has 0 aliphatic heterocycles. The summed E-state index contributed by atoms with van der Waals surface area (Å²) in [4.78, 5) is 12.0. The zero-order valence-electron chi connectivity index (χ0n) is 11.3. The molecule has 106 valence electrons. The number of carbonyl (C=O) groups excluding carboxylic acids is 1. The van der Waals surface area contributed by atoms with Crippen LogP contribution in [-0.2, 0) is 11.3 Å². The Morgan fingerprint density at radius 1 is 1.35 bits per heavy atom. The molecule has 2 rings (SSSR count). The standard InChI is InChI=1S/C13H15N3O2S2/c1-3-19-13-16-15-12(20-13)14-11(17)10-6-4-9(5-7-10)8-18-2/h4-7H,3,8H2,1-2H3,(H,14,15,17). The van der Waals surface area contributed by atoms with Gasteiger partial charge in [0.25, 0.3) is 5.91 Å². The third kappa shape index (κ3) is 4.03. The first kappa shape index (κ1) is 15.0. The minimum Gasteiger partial charge on any atom is -0.380 e. The van der Waals surface area contributed by atoms with Crippen molar-refractivity contribution in [3.8, 4) is 0 Å². The summed E-state index contributed by atoms with van der Waals surface area (Å²) in [5.74, 6) is 0.752. The average Bonchev–Trinajstić information content (AvgIpc) is 2.88. The zero-order valence-corrected chi connectivity index (χ0v) is 12.9. The smallest absolute Gasteiger partial charge is 0.257 e. The highest BCUT2D eigenvalue weighted by atomic mass is 32.2. The summed E-state index contributed by atoms with van der Waals surface area (Å²) >= 11 is 2.99. The molecule has 1 aromatic carbocycles. The highest BCUT2D eigenvalue weighted by Gasteiger charge is 2.10. The van der Waals surface area contributed by atoms with E-state index in [1.807, 2.05) is 19.1 Å². The fourth-order valence-corrected chi connectivity index (χ4v) is 3.17. The second-order valence-corrected chi connectivity index (χ2v) is 6.38. The van der Waals surface area contributed by atoms with Crippen LogP contribution in [0.25, 0.3) is 0 Å². The number of benzene rings is 1. The van der Waals surface area contributed by atoms with Gasteiger partial charge in [-0.1, -0.05) is 42.2 Å². The predicted octanol–water partition coefficient (Wildman–Crippen LogP) is 3.05. The van der Waals surface area contributed by atoms with Crippen LogP contribution in [0.1, 0.15) is 22.8 Å². The van der Waals surface area contributed by atoms with Gasteiger partial charge in [0.15, 0.2) is 4.34 Å². The van der Waals surface area contributed by atoms with E-state index >= 15 is 0 Å². The Kier molecular flexibility index (Phi) is 5.51. The lowest BCUT2D eigenvalue weighted by Crippen LogP contribution is -2.11. The fraction of sp³-hybridized carbons (Fsp3) is 0.308. The lowest BCUT2D eigenvalue weighted by atomic mass is 10.1. The molecule has 1 N–H and O–H groups in total. The maximum atomic E-state index is 12.0. The van der Waals surface area contributed by atoms with Crippen molar-refractivity contribution >= 4 is 34.1 Å². The normalized spacial score (nSPS) is 10.5. The lowest BCUT2D eigenvalue weighted by Gasteiger charge is -2.03. The molecule has 1 amide bonds. The Balaban J connectivity index is 1.99. The molecule has 0 aliphatic rings. The minimum atomic E-state index is -0.182. The topological polar surface area (TPSA) is 64.1 Å². The van der Waals surface area contributed by atoms with Gasteiger partial charge in [-0.3, -0.25) is 10.1 Å². The molecule has 0 atom stereocenters. The number of nitrogens with one attached hydrogen (secondary N) is 1. The lowest BCUT2D eigenvalue weighted by molar-refractivity contribution is 0.102. The number of carbonyl (C=O) groups is 1. The Labute approximate surface area is 125 Å². The molecule has 7 heteroatoms. The number of nitrogens with zero attached hydrogens (tertiary/aromatic N) is 2. The van der Waals surface area contributed by atoms with E-state index in [9.17, 15) is 4.79 Å². The Morgan fingerprint density at radius 2 is 2.10 bits per heavy atom. The molecule has 1 heterocycles. The number of methoxy groups -OCH3 is 1. The van der Waals surface area contributed by atoms with E-state index < -0.39 is 0 Å². The van der Waals surface area contributed by atoms with Crippen LogP contribution >= 0.6 is 23.1 Å². The summed E-state index contributed by atoms with van der Waals surface area (Å²) in [6.45, 7) is 2.59. The van der Waals surface area contributed by atoms with E-state index in [4.69, 9.17) is 4.74 Å². The van der Waals surface area contributed by atoms with Crippen molar-refractivity contribution in [3.63, 3.8) is 0 Å². The SMILES string of the molecule is CCSc1nnc(NC(=O)c2ccc(COC)cc2)s1. The highest BCUT2D eigenvalue weighted by molar-refractivity contribution is 8.01. The van der Waals surface area contributed by atoms with Crippen molar-refractivity contribution in [1.29, 1.82) is 0 Å². The maximum absolute atomic E-state index is 12.0. The molecule has 0 spiro atoms. The zero-order chi connectivity index (χ0) is 14.4. The van der Waals surface area contributed by atoms with Crippen molar-refractivity contribution < 1.29 is 9.53 Å². The molecular formula is C13H15N3O2S2. The van der Waals surface area contributed by atoms with Crippen molar-refractivity contribution in [2.75, 3.05) is 18.2 Å². The van der Waals surface area contributed by atoms with Gasteiger partial charge < -0.3 is 4.74 Å². The molecule has 0 saturated heterocycles. The van der Waals surface area contributed by atoms with Crippen LogP contribution in [0.3, 0.4) is 0 Å². The number of thioether (sulfide) groups is 1. The molecule has 0 saturated carbocycles. The molecule has 2 aromatic rings. The van der Waals surface area contributed by atoms with Gasteiger partial charge in [0.2, 0.25) is 5.13 Å². The number of ether oxygens (including phenoxy) is 1. The highest BCUT2D eigenvalue weighted by Crippen LogP contribution is 2.25. The van der Waals surface area contributed by atoms with Gasteiger partial charge in [0.05, 0.1) is 6.61 Å². The number of amides is 1. The number of rotatable bonds is 6. The van der Waals surface area contributed by atoms with E-state index in [0.29, 0.717) is 17.3 Å². The summed E-state index contributed by atoms with van der Waals surface area (Å²) in [5, 5.41) is 11.2. The van der Waals surface area contributed by atoms with E-state index in [1.165, 1.54) is 11.3 Å². The van der Waals surface area contributed by atoms with Gasteiger partial charge in [-0.05, 0) is 23.4 Å². The van der Waals surface area contributed by atoms with Crippen LogP contribution < -0.4 is 5.32 Å². The largest absolute Gasteiger partial charge is 0.380 e. The van der Waals surface area contributed by atoms with Crippen molar-refractivity contribution in [1.82, 2.24) is 10.2 Å². The summed E-state index contributed by atoms with van der Waals surface area (Å²) < 4.78 is 5.89. The van der Waals surface area contributed by atoms with Gasteiger partial charge in [-0.25, -0.2) is 0 Å². The summed E-state index contributed by atoms with van der Waals surface area (Å²) in [6.07, 6.45) is 0. The van der Waals surface area contributed by atoms with E-state index in [2.05, 4.69) is 15.5 Å². The summed E-state index contributed by atoms with van der Waals surface area (Å²) in [5.41, 5.74) is 1.62. The van der Waals surface area contributed by atoms with E-state index in [1.54, 1.807) is 31.0 Å². The number of hydrogen-bond donors (Lipinski definition) is 1. The predicted molar refractivity (Wildman–Crippen MR) is 81.4 cm³/mol. The monoisotopic (exact) mass is 309 g/mol. The van der Waals surface area contributed by atoms with Gasteiger partial charge in [0.1, 0.15) is 0 Å². The van der Waals surface area contributed by atoms with Crippen molar-refractivity contribution in [2.45, 2.75) is 17.9 Å². The third-order valence-corrected chi connectivity index (χ3v) is 4.28. The first-order valence-corrected chi connectivity index (χ1v) is 7.88. The van der Waals surface area contributed by atoms with Gasteiger partial charge in [-0.2, -0.15) is 0 Å². The van der Waals surface area contributed by atoms with Gasteiger partial charge in [0, 0.05) is 12.7 Å². The molecule has 0 radical (unpaired) electrons. The van der Waals surface area contributed by atoms with Crippen LogP contribution in [0.5, 0.6) is 0 Å². The second-order valence-electron chi connectivity index (χ2n) is 3.89. The van der Waals surface area contributed by atoms with Crippen LogP contribution in [0.2, 0.25) is 0 Å². The van der Waals surface area contributed by atoms with Crippen molar-refractivity contribution in [2.24, 2.45) is 0 Å². The first-order chi connectivity index (χ1) is 9.72. The first-order valence-electron chi connectivity index (χ1n) is 6.08. The van der Waals surface area contributed by atoms with E-state index in [0.717, 1.165) is 15.7 Å². The van der Waals surface area contributed by atoms with Crippen LogP contribution in [0.15, 0.2) is 28.6 Å². The second kappa shape index (κ2) is 7.37. The molecule has 5 nitrogen and oxygen atoms in total. The Morgan fingerprint density at radius 3 is 2.75 bits per heavy atom. The van der Waals surface area contributed by atoms with Crippen LogP contribution in [-0.4, -0.2) is 29.0 Å². The van der Waals surface area contributed by atoms with Gasteiger partial charge >= 0.3 is 0 Å². The molecule has 20 heavy (non-hydrogen) atoms. The maximum Gasteiger partial charge on any atom is 0.257 e. The minimum absolute atomic E-state index is 0.182. The molecule has 1 aromatic heterocycles. The average molecular weight is 309 g/mol. The van der Waals surface area contributed by atoms with Gasteiger partial charge in [-0.15, -0.1) is 10.2 Å². The number of aromatic nitrogens is 2.